The number of hydrogen-bond acceptors (Lipinski definition) is 4. The Bertz CT molecular complexity index is 3780. The molecule has 0 atom stereocenters. The second-order valence-corrected chi connectivity index (χ2v) is 26.0. The Labute approximate surface area is 451 Å². The lowest BCUT2D eigenvalue weighted by molar-refractivity contribution is 0.533. The van der Waals surface area contributed by atoms with E-state index in [1.54, 1.807) is 0 Å². The summed E-state index contributed by atoms with van der Waals surface area (Å²) in [4.78, 5) is 15.5. The van der Waals surface area contributed by atoms with Crippen molar-refractivity contribution in [1.82, 2.24) is 19.1 Å². The van der Waals surface area contributed by atoms with Crippen LogP contribution >= 0.6 is 0 Å². The summed E-state index contributed by atoms with van der Waals surface area (Å²) in [6, 6.07) is 58.1. The van der Waals surface area contributed by atoms with E-state index in [9.17, 15) is 0 Å². The lowest BCUT2D eigenvalue weighted by atomic mass is 9.81. The average Bonchev–Trinajstić information content (AvgIpc) is 4.06. The summed E-state index contributed by atoms with van der Waals surface area (Å²) in [7, 11) is 0. The first-order valence-electron chi connectivity index (χ1n) is 27.7. The first-order valence-corrected chi connectivity index (χ1v) is 27.7. The van der Waals surface area contributed by atoms with E-state index in [1.807, 2.05) is 6.20 Å². The molecule has 0 bridgehead atoms. The first kappa shape index (κ1) is 49.4. The second kappa shape index (κ2) is 18.1. The SMILES string of the molecule is CC(C)(C)c1ccc(-c2cc(C(C)(C)C)cc(-c3ccc(C(C)(C)C)cc3)c2N2CN(c3cccc(Cc4ccc5c6ccccc6n(-c6cc(C(C)(C)C)ccn6)c5c4)c3)c3cc4nc5n(c4cc32)CCCC5)cc1. The molecule has 0 N–H and O–H groups in total. The predicted octanol–water partition coefficient (Wildman–Crippen LogP) is 18.2. The zero-order valence-electron chi connectivity index (χ0n) is 46.9. The van der Waals surface area contributed by atoms with Crippen molar-refractivity contribution in [3.8, 4) is 28.1 Å². The molecule has 0 saturated heterocycles. The normalized spacial score (nSPS) is 14.3. The fourth-order valence-corrected chi connectivity index (χ4v) is 11.9. The molecule has 384 valence electrons. The number of nitrogens with zero attached hydrogens (tertiary/aromatic N) is 6. The van der Waals surface area contributed by atoms with Gasteiger partial charge in [0.25, 0.3) is 0 Å². The van der Waals surface area contributed by atoms with Gasteiger partial charge in [-0.1, -0.05) is 174 Å². The van der Waals surface area contributed by atoms with Crippen LogP contribution in [0.5, 0.6) is 0 Å². The Kier molecular flexibility index (Phi) is 11.8. The maximum Gasteiger partial charge on any atom is 0.137 e. The van der Waals surface area contributed by atoms with E-state index in [0.29, 0.717) is 6.67 Å². The van der Waals surface area contributed by atoms with E-state index in [2.05, 4.69) is 254 Å². The van der Waals surface area contributed by atoms with Gasteiger partial charge in [-0.2, -0.15) is 0 Å². The largest absolute Gasteiger partial charge is 0.328 e. The third-order valence-electron chi connectivity index (χ3n) is 16.4. The van der Waals surface area contributed by atoms with Gasteiger partial charge in [0, 0.05) is 46.7 Å². The third-order valence-corrected chi connectivity index (χ3v) is 16.4. The van der Waals surface area contributed by atoms with Gasteiger partial charge in [0.1, 0.15) is 18.3 Å². The van der Waals surface area contributed by atoms with Gasteiger partial charge < -0.3 is 14.4 Å². The molecule has 0 fully saturated rings. The Morgan fingerprint density at radius 1 is 0.474 bits per heavy atom. The highest BCUT2D eigenvalue weighted by Gasteiger charge is 2.35. The highest BCUT2D eigenvalue weighted by Crippen LogP contribution is 2.53. The van der Waals surface area contributed by atoms with Crippen molar-refractivity contribution in [3.63, 3.8) is 0 Å². The fraction of sp³-hybridized carbons (Fsp3) is 0.314. The van der Waals surface area contributed by atoms with Gasteiger partial charge in [-0.3, -0.25) is 4.57 Å². The topological polar surface area (TPSA) is 42.1 Å². The molecule has 76 heavy (non-hydrogen) atoms. The van der Waals surface area contributed by atoms with E-state index in [0.717, 1.165) is 30.7 Å². The molecule has 0 unspecified atom stereocenters. The molecule has 0 amide bonds. The molecule has 10 aromatic rings. The quantitative estimate of drug-likeness (QED) is 0.160. The summed E-state index contributed by atoms with van der Waals surface area (Å²) in [6.07, 6.45) is 6.12. The molecule has 5 heterocycles. The third kappa shape index (κ3) is 8.87. The van der Waals surface area contributed by atoms with Crippen LogP contribution in [0.4, 0.5) is 22.7 Å². The van der Waals surface area contributed by atoms with Crippen LogP contribution < -0.4 is 9.80 Å². The number of hydrogen-bond donors (Lipinski definition) is 0. The van der Waals surface area contributed by atoms with Crippen LogP contribution in [0.2, 0.25) is 0 Å². The number of para-hydroxylation sites is 1. The Morgan fingerprint density at radius 2 is 1.09 bits per heavy atom. The molecule has 12 rings (SSSR count). The molecule has 3 aromatic heterocycles. The van der Waals surface area contributed by atoms with Crippen LogP contribution in [0.15, 0.2) is 158 Å². The van der Waals surface area contributed by atoms with Crippen LogP contribution in [0.3, 0.4) is 0 Å². The fourth-order valence-electron chi connectivity index (χ4n) is 11.9. The van der Waals surface area contributed by atoms with Gasteiger partial charge in [-0.25, -0.2) is 9.97 Å². The minimum absolute atomic E-state index is 0.00178. The van der Waals surface area contributed by atoms with Gasteiger partial charge in [-0.05, 0) is 146 Å². The van der Waals surface area contributed by atoms with E-state index in [1.165, 1.54) is 124 Å². The summed E-state index contributed by atoms with van der Waals surface area (Å²) in [5.41, 5.74) is 22.1. The molecular weight excluding hydrogens is 925 g/mol. The number of aromatic nitrogens is 4. The molecule has 6 nitrogen and oxygen atoms in total. The standard InChI is InChI=1S/C70H74N6/c1-67(2,3)49-28-24-47(25-29-49)56-39-52(70(10,11)12)40-57(48-26-30-50(31-27-48)68(4,5)6)66(56)75-44-74(62-42-58-61(43-63(62)75)73-35-16-15-22-64(73)72-58)53-19-17-18-45(37-53)36-46-23-32-55-54-20-13-14-21-59(54)76(60(55)38-46)65-41-51(33-34-71-65)69(7,8)9/h13-14,17-21,23-34,37-43H,15-16,22,35-36,44H2,1-12H3. The first-order chi connectivity index (χ1) is 36.2. The van der Waals surface area contributed by atoms with Crippen LogP contribution in [0.1, 0.15) is 135 Å². The monoisotopic (exact) mass is 999 g/mol. The number of fused-ring (bicyclic) bond motifs is 7. The van der Waals surface area contributed by atoms with Crippen molar-refractivity contribution in [1.29, 1.82) is 0 Å². The maximum absolute atomic E-state index is 5.35. The van der Waals surface area contributed by atoms with Gasteiger partial charge in [-0.15, -0.1) is 0 Å². The number of rotatable bonds is 7. The van der Waals surface area contributed by atoms with E-state index in [4.69, 9.17) is 9.97 Å². The highest BCUT2D eigenvalue weighted by molar-refractivity contribution is 6.09. The Hall–Kier alpha value is -7.44. The number of imidazole rings is 1. The summed E-state index contributed by atoms with van der Waals surface area (Å²) in [5.74, 6) is 2.15. The predicted molar refractivity (Wildman–Crippen MR) is 322 cm³/mol. The minimum atomic E-state index is -0.0910. The van der Waals surface area contributed by atoms with Crippen molar-refractivity contribution in [2.45, 2.75) is 137 Å². The molecule has 0 aliphatic carbocycles. The minimum Gasteiger partial charge on any atom is -0.328 e. The second-order valence-electron chi connectivity index (χ2n) is 26.0. The van der Waals surface area contributed by atoms with E-state index >= 15 is 0 Å². The maximum atomic E-state index is 5.35. The smallest absolute Gasteiger partial charge is 0.137 e. The zero-order chi connectivity index (χ0) is 53.1. The Morgan fingerprint density at radius 3 is 1.75 bits per heavy atom. The molecule has 2 aliphatic rings. The molecule has 0 saturated carbocycles. The van der Waals surface area contributed by atoms with Crippen LogP contribution in [0.25, 0.3) is 60.9 Å². The van der Waals surface area contributed by atoms with Crippen LogP contribution in [-0.4, -0.2) is 25.8 Å². The van der Waals surface area contributed by atoms with Crippen molar-refractivity contribution < 1.29 is 0 Å². The molecular formula is C70H74N6. The number of benzene rings is 7. The molecule has 2 aliphatic heterocycles. The van der Waals surface area contributed by atoms with Gasteiger partial charge in [0.2, 0.25) is 0 Å². The lowest BCUT2D eigenvalue weighted by Gasteiger charge is -2.31. The highest BCUT2D eigenvalue weighted by atomic mass is 15.4. The molecule has 7 aromatic carbocycles. The average molecular weight is 999 g/mol. The van der Waals surface area contributed by atoms with Crippen molar-refractivity contribution in [2.75, 3.05) is 16.5 Å². The molecule has 0 radical (unpaired) electrons. The van der Waals surface area contributed by atoms with Crippen molar-refractivity contribution in [2.24, 2.45) is 0 Å². The van der Waals surface area contributed by atoms with Gasteiger partial charge in [0.15, 0.2) is 0 Å². The van der Waals surface area contributed by atoms with E-state index < -0.39 is 0 Å². The summed E-state index contributed by atoms with van der Waals surface area (Å²) >= 11 is 0. The summed E-state index contributed by atoms with van der Waals surface area (Å²) in [6.45, 7) is 29.3. The van der Waals surface area contributed by atoms with Crippen LogP contribution in [0, 0.1) is 0 Å². The van der Waals surface area contributed by atoms with Gasteiger partial charge >= 0.3 is 0 Å². The number of aryl methyl sites for hydroxylation is 2. The van der Waals surface area contributed by atoms with Crippen molar-refractivity contribution >= 4 is 55.6 Å². The van der Waals surface area contributed by atoms with Crippen LogP contribution in [-0.2, 0) is 41.0 Å². The Balaban J connectivity index is 1.02. The molecule has 0 spiro atoms. The zero-order valence-corrected chi connectivity index (χ0v) is 46.9. The van der Waals surface area contributed by atoms with Gasteiger partial charge in [0.05, 0.1) is 39.1 Å². The van der Waals surface area contributed by atoms with Crippen molar-refractivity contribution in [3.05, 3.63) is 197 Å². The summed E-state index contributed by atoms with van der Waals surface area (Å²) < 4.78 is 4.85. The number of pyridine rings is 1. The van der Waals surface area contributed by atoms with E-state index in [-0.39, 0.29) is 21.7 Å². The number of anilines is 4. The molecule has 6 heteroatoms. The summed E-state index contributed by atoms with van der Waals surface area (Å²) in [5, 5.41) is 2.48. The lowest BCUT2D eigenvalue weighted by Crippen LogP contribution is -2.25.